The van der Waals surface area contributed by atoms with Crippen LogP contribution in [0.3, 0.4) is 0 Å². The number of anilines is 1. The van der Waals surface area contributed by atoms with E-state index in [1.54, 1.807) is 0 Å². The van der Waals surface area contributed by atoms with E-state index in [4.69, 9.17) is 4.74 Å². The molecule has 4 unspecified atom stereocenters. The Morgan fingerprint density at radius 1 is 1.04 bits per heavy atom. The molecule has 26 heavy (non-hydrogen) atoms. The zero-order valence-corrected chi connectivity index (χ0v) is 15.4. The van der Waals surface area contributed by atoms with Gasteiger partial charge in [0, 0.05) is 6.54 Å². The fourth-order valence-electron chi connectivity index (χ4n) is 4.73. The van der Waals surface area contributed by atoms with Gasteiger partial charge in [0.25, 0.3) is 0 Å². The molecular weight excluding hydrogens is 328 g/mol. The second-order valence-corrected chi connectivity index (χ2v) is 7.35. The fraction of sp³-hybridized carbons (Fsp3) is 0.524. The highest BCUT2D eigenvalue weighted by Gasteiger charge is 2.59. The topological polar surface area (TPSA) is 49.9 Å². The van der Waals surface area contributed by atoms with E-state index in [1.807, 2.05) is 24.3 Å². The third-order valence-corrected chi connectivity index (χ3v) is 6.14. The van der Waals surface area contributed by atoms with Crippen molar-refractivity contribution in [1.82, 2.24) is 4.90 Å². The largest absolute Gasteiger partial charge is 0.490 e. The smallest absolute Gasteiger partial charge is 0.238 e. The van der Waals surface area contributed by atoms with E-state index in [0.717, 1.165) is 26.1 Å². The van der Waals surface area contributed by atoms with Crippen LogP contribution in [-0.4, -0.2) is 43.0 Å². The fourth-order valence-corrected chi connectivity index (χ4v) is 4.73. The van der Waals surface area contributed by atoms with Gasteiger partial charge >= 0.3 is 0 Å². The number of benzene rings is 1. The minimum absolute atomic E-state index is 0.0587. The summed E-state index contributed by atoms with van der Waals surface area (Å²) in [5, 5.41) is 0. The van der Waals surface area contributed by atoms with Gasteiger partial charge in [-0.05, 0) is 43.5 Å². The molecule has 138 valence electrons. The number of rotatable bonds is 7. The molecule has 4 rings (SSSR count). The van der Waals surface area contributed by atoms with Crippen LogP contribution in [0.25, 0.3) is 0 Å². The van der Waals surface area contributed by atoms with Crippen LogP contribution in [0.15, 0.2) is 36.4 Å². The summed E-state index contributed by atoms with van der Waals surface area (Å²) in [6.45, 7) is 7.56. The van der Waals surface area contributed by atoms with E-state index >= 15 is 0 Å². The first-order valence-corrected chi connectivity index (χ1v) is 9.66. The summed E-state index contributed by atoms with van der Waals surface area (Å²) in [6.07, 6.45) is 5.18. The minimum Gasteiger partial charge on any atom is -0.490 e. The lowest BCUT2D eigenvalue weighted by atomic mass is 9.85. The lowest BCUT2D eigenvalue weighted by molar-refractivity contribution is -0.123. The van der Waals surface area contributed by atoms with Crippen LogP contribution in [0.2, 0.25) is 0 Å². The number of carbonyl (C=O) groups is 2. The molecule has 2 bridgehead atoms. The van der Waals surface area contributed by atoms with E-state index in [0.29, 0.717) is 18.0 Å². The van der Waals surface area contributed by atoms with Crippen molar-refractivity contribution >= 4 is 17.5 Å². The van der Waals surface area contributed by atoms with Crippen molar-refractivity contribution in [3.8, 4) is 5.75 Å². The van der Waals surface area contributed by atoms with Gasteiger partial charge in [0.15, 0.2) is 0 Å². The van der Waals surface area contributed by atoms with Crippen molar-refractivity contribution in [3.63, 3.8) is 0 Å². The van der Waals surface area contributed by atoms with Gasteiger partial charge in [0.2, 0.25) is 11.8 Å². The molecule has 1 saturated heterocycles. The summed E-state index contributed by atoms with van der Waals surface area (Å²) >= 11 is 0. The average Bonchev–Trinajstić information content (AvgIpc) is 3.33. The molecule has 2 aliphatic carbocycles. The molecule has 1 aromatic rings. The zero-order valence-electron chi connectivity index (χ0n) is 15.4. The SMILES string of the molecule is CCN(CC)CCOc1ccccc1N1C(=O)C2C3C=CC(C3)C2C1=O. The number of ether oxygens (including phenoxy) is 1. The first-order chi connectivity index (χ1) is 12.7. The summed E-state index contributed by atoms with van der Waals surface area (Å²) < 4.78 is 5.97. The van der Waals surface area contributed by atoms with Crippen LogP contribution in [0, 0.1) is 23.7 Å². The van der Waals surface area contributed by atoms with Crippen LogP contribution in [-0.2, 0) is 9.59 Å². The van der Waals surface area contributed by atoms with E-state index < -0.39 is 0 Å². The predicted octanol–water partition coefficient (Wildman–Crippen LogP) is 2.72. The Bertz CT molecular complexity index is 711. The standard InChI is InChI=1S/C21H26N2O3/c1-3-22(4-2)11-12-26-17-8-6-5-7-16(17)23-20(24)18-14-9-10-15(13-14)19(18)21(23)25/h5-10,14-15,18-19H,3-4,11-13H2,1-2H3. The molecule has 0 aromatic heterocycles. The van der Waals surface area contributed by atoms with Crippen LogP contribution < -0.4 is 9.64 Å². The van der Waals surface area contributed by atoms with E-state index in [-0.39, 0.29) is 35.5 Å². The number of amides is 2. The molecule has 0 spiro atoms. The van der Waals surface area contributed by atoms with Crippen molar-refractivity contribution < 1.29 is 14.3 Å². The predicted molar refractivity (Wildman–Crippen MR) is 99.9 cm³/mol. The van der Waals surface area contributed by atoms with E-state index in [1.165, 1.54) is 4.90 Å². The molecular formula is C21H26N2O3. The summed E-state index contributed by atoms with van der Waals surface area (Å²) in [6, 6.07) is 7.40. The molecule has 2 amide bonds. The van der Waals surface area contributed by atoms with Gasteiger partial charge in [-0.1, -0.05) is 38.1 Å². The highest BCUT2D eigenvalue weighted by atomic mass is 16.5. The van der Waals surface area contributed by atoms with Crippen molar-refractivity contribution in [2.75, 3.05) is 31.1 Å². The molecule has 1 heterocycles. The highest BCUT2D eigenvalue weighted by Crippen LogP contribution is 2.53. The monoisotopic (exact) mass is 354 g/mol. The molecule has 0 radical (unpaired) electrons. The van der Waals surface area contributed by atoms with Gasteiger partial charge < -0.3 is 9.64 Å². The van der Waals surface area contributed by atoms with Gasteiger partial charge in [-0.3, -0.25) is 9.59 Å². The zero-order chi connectivity index (χ0) is 18.3. The Kier molecular flexibility index (Phi) is 4.57. The summed E-state index contributed by atoms with van der Waals surface area (Å²) in [7, 11) is 0. The van der Waals surface area contributed by atoms with Crippen molar-refractivity contribution in [1.29, 1.82) is 0 Å². The number of hydrogen-bond donors (Lipinski definition) is 0. The molecule has 2 fully saturated rings. The quantitative estimate of drug-likeness (QED) is 0.558. The number of carbonyl (C=O) groups excluding carboxylic acids is 2. The summed E-state index contributed by atoms with van der Waals surface area (Å²) in [5.41, 5.74) is 0.593. The lowest BCUT2D eigenvalue weighted by Gasteiger charge is -2.22. The van der Waals surface area contributed by atoms with E-state index in [2.05, 4.69) is 30.9 Å². The molecule has 1 saturated carbocycles. The molecule has 0 N–H and O–H groups in total. The first-order valence-electron chi connectivity index (χ1n) is 9.66. The van der Waals surface area contributed by atoms with Gasteiger partial charge in [-0.15, -0.1) is 0 Å². The van der Waals surface area contributed by atoms with Crippen molar-refractivity contribution in [2.24, 2.45) is 23.7 Å². The Labute approximate surface area is 154 Å². The Morgan fingerprint density at radius 2 is 1.65 bits per heavy atom. The lowest BCUT2D eigenvalue weighted by Crippen LogP contribution is -2.33. The third kappa shape index (κ3) is 2.65. The molecule has 1 aromatic carbocycles. The van der Waals surface area contributed by atoms with Gasteiger partial charge in [0.05, 0.1) is 17.5 Å². The number of nitrogens with zero attached hydrogens (tertiary/aromatic N) is 2. The van der Waals surface area contributed by atoms with Crippen LogP contribution >= 0.6 is 0 Å². The minimum atomic E-state index is -0.179. The van der Waals surface area contributed by atoms with Gasteiger partial charge in [0.1, 0.15) is 12.4 Å². The second kappa shape index (κ2) is 6.88. The number of hydrogen-bond acceptors (Lipinski definition) is 4. The highest BCUT2D eigenvalue weighted by molar-refractivity contribution is 6.23. The van der Waals surface area contributed by atoms with Crippen molar-refractivity contribution in [2.45, 2.75) is 20.3 Å². The maximum atomic E-state index is 13.0. The summed E-state index contributed by atoms with van der Waals surface area (Å²) in [4.78, 5) is 29.7. The maximum Gasteiger partial charge on any atom is 0.238 e. The molecule has 1 aliphatic heterocycles. The summed E-state index contributed by atoms with van der Waals surface area (Å²) in [5.74, 6) is 0.585. The molecule has 4 atom stereocenters. The molecule has 5 nitrogen and oxygen atoms in total. The average molecular weight is 354 g/mol. The Balaban J connectivity index is 1.53. The van der Waals surface area contributed by atoms with Gasteiger partial charge in [-0.2, -0.15) is 0 Å². The Hall–Kier alpha value is -2.14. The maximum absolute atomic E-state index is 13.0. The number of para-hydroxylation sites is 2. The third-order valence-electron chi connectivity index (χ3n) is 6.14. The second-order valence-electron chi connectivity index (χ2n) is 7.35. The van der Waals surface area contributed by atoms with Crippen LogP contribution in [0.1, 0.15) is 20.3 Å². The number of imide groups is 1. The number of fused-ring (bicyclic) bond motifs is 5. The normalized spacial score (nSPS) is 29.1. The Morgan fingerprint density at radius 3 is 2.27 bits per heavy atom. The van der Waals surface area contributed by atoms with Crippen LogP contribution in [0.4, 0.5) is 5.69 Å². The van der Waals surface area contributed by atoms with E-state index in [9.17, 15) is 9.59 Å². The van der Waals surface area contributed by atoms with Gasteiger partial charge in [-0.25, -0.2) is 4.90 Å². The molecule has 3 aliphatic rings. The number of allylic oxidation sites excluding steroid dienone is 2. The van der Waals surface area contributed by atoms with Crippen molar-refractivity contribution in [3.05, 3.63) is 36.4 Å². The first kappa shape index (κ1) is 17.3. The van der Waals surface area contributed by atoms with Crippen LogP contribution in [0.5, 0.6) is 5.75 Å². The number of likely N-dealkylation sites (N-methyl/N-ethyl adjacent to an activating group) is 1. The molecule has 5 heteroatoms.